The van der Waals surface area contributed by atoms with Crippen molar-refractivity contribution in [3.05, 3.63) is 60.0 Å². The van der Waals surface area contributed by atoms with Crippen LogP contribution in [0.4, 0.5) is 11.5 Å². The number of pyridine rings is 1. The van der Waals surface area contributed by atoms with Gasteiger partial charge in [-0.1, -0.05) is 24.3 Å². The van der Waals surface area contributed by atoms with Gasteiger partial charge in [-0.2, -0.15) is 9.61 Å². The van der Waals surface area contributed by atoms with Gasteiger partial charge in [-0.25, -0.2) is 9.97 Å². The van der Waals surface area contributed by atoms with Gasteiger partial charge in [0.2, 0.25) is 5.91 Å². The lowest BCUT2D eigenvalue weighted by atomic mass is 10.2. The van der Waals surface area contributed by atoms with E-state index in [2.05, 4.69) is 15.9 Å². The Morgan fingerprint density at radius 3 is 2.48 bits per heavy atom. The van der Waals surface area contributed by atoms with Crippen molar-refractivity contribution in [2.75, 3.05) is 62.3 Å². The molecule has 11 nitrogen and oxygen atoms in total. The van der Waals surface area contributed by atoms with Gasteiger partial charge in [-0.15, -0.1) is 0 Å². The highest BCUT2D eigenvalue weighted by molar-refractivity contribution is 5.84. The molecule has 0 bridgehead atoms. The Hall–Kier alpha value is -4.51. The zero-order chi connectivity index (χ0) is 27.5. The van der Waals surface area contributed by atoms with Crippen molar-refractivity contribution in [2.45, 2.75) is 12.8 Å². The van der Waals surface area contributed by atoms with Crippen molar-refractivity contribution in [3.63, 3.8) is 0 Å². The number of ether oxygens (including phenoxy) is 1. The Kier molecular flexibility index (Phi) is 7.28. The van der Waals surface area contributed by atoms with Gasteiger partial charge in [-0.05, 0) is 30.4 Å². The number of hydrogen-bond acceptors (Lipinski definition) is 8. The van der Waals surface area contributed by atoms with Gasteiger partial charge in [0.05, 0.1) is 42.7 Å². The quantitative estimate of drug-likeness (QED) is 0.377. The SMILES string of the molecule is O=C(O)CCC(=O)N1CCN(c2c(/C=C/c3ccc4ccccc4n3)nc3c(N4CCOCC4)ccnn23)CC1. The highest BCUT2D eigenvalue weighted by Crippen LogP contribution is 2.30. The van der Waals surface area contributed by atoms with Crippen LogP contribution in [-0.4, -0.2) is 93.9 Å². The molecular formula is C29H31N7O4. The first-order valence-electron chi connectivity index (χ1n) is 13.6. The molecule has 4 aromatic rings. The first-order chi connectivity index (χ1) is 19.6. The van der Waals surface area contributed by atoms with E-state index in [1.807, 2.05) is 53.1 Å². The van der Waals surface area contributed by atoms with Crippen LogP contribution in [0.3, 0.4) is 0 Å². The molecule has 0 radical (unpaired) electrons. The molecular weight excluding hydrogens is 510 g/mol. The van der Waals surface area contributed by atoms with Crippen molar-refractivity contribution in [3.8, 4) is 0 Å². The number of aliphatic carboxylic acids is 1. The van der Waals surface area contributed by atoms with E-state index in [0.717, 1.165) is 52.5 Å². The molecule has 206 valence electrons. The second-order valence-electron chi connectivity index (χ2n) is 9.90. The number of fused-ring (bicyclic) bond motifs is 2. The van der Waals surface area contributed by atoms with Crippen molar-refractivity contribution in [1.82, 2.24) is 24.5 Å². The summed E-state index contributed by atoms with van der Waals surface area (Å²) in [5, 5.41) is 14.7. The van der Waals surface area contributed by atoms with Gasteiger partial charge in [-0.3, -0.25) is 9.59 Å². The zero-order valence-electron chi connectivity index (χ0n) is 22.1. The summed E-state index contributed by atoms with van der Waals surface area (Å²) < 4.78 is 7.45. The predicted octanol–water partition coefficient (Wildman–Crippen LogP) is 2.80. The summed E-state index contributed by atoms with van der Waals surface area (Å²) in [5.74, 6) is -0.229. The number of carbonyl (C=O) groups excluding carboxylic acids is 1. The molecule has 0 aliphatic carbocycles. The van der Waals surface area contributed by atoms with Crippen LogP contribution in [0, 0.1) is 0 Å². The molecule has 2 aliphatic rings. The average molecular weight is 542 g/mol. The summed E-state index contributed by atoms with van der Waals surface area (Å²) in [5.41, 5.74) is 4.31. The molecule has 0 spiro atoms. The van der Waals surface area contributed by atoms with Gasteiger partial charge in [0, 0.05) is 51.1 Å². The van der Waals surface area contributed by atoms with Crippen LogP contribution in [0.15, 0.2) is 48.7 Å². The van der Waals surface area contributed by atoms with Crippen molar-refractivity contribution >= 4 is 52.1 Å². The first kappa shape index (κ1) is 25.8. The molecule has 5 heterocycles. The van der Waals surface area contributed by atoms with Gasteiger partial charge in [0.15, 0.2) is 11.5 Å². The highest BCUT2D eigenvalue weighted by Gasteiger charge is 2.27. The van der Waals surface area contributed by atoms with E-state index in [0.29, 0.717) is 39.4 Å². The molecule has 2 fully saturated rings. The summed E-state index contributed by atoms with van der Waals surface area (Å²) in [6.45, 7) is 5.09. The Labute approximate surface area is 231 Å². The lowest BCUT2D eigenvalue weighted by molar-refractivity contribution is -0.141. The minimum Gasteiger partial charge on any atom is -0.481 e. The molecule has 0 atom stereocenters. The monoisotopic (exact) mass is 541 g/mol. The molecule has 2 aliphatic heterocycles. The molecule has 40 heavy (non-hydrogen) atoms. The van der Waals surface area contributed by atoms with Crippen LogP contribution in [0.5, 0.6) is 0 Å². The van der Waals surface area contributed by atoms with Crippen LogP contribution in [0.1, 0.15) is 24.2 Å². The third-order valence-electron chi connectivity index (χ3n) is 7.37. The van der Waals surface area contributed by atoms with Crippen molar-refractivity contribution in [2.24, 2.45) is 0 Å². The minimum atomic E-state index is -0.961. The molecule has 1 N–H and O–H groups in total. The molecule has 2 saturated heterocycles. The molecule has 1 aromatic carbocycles. The second-order valence-corrected chi connectivity index (χ2v) is 9.90. The van der Waals surface area contributed by atoms with E-state index in [1.54, 1.807) is 11.1 Å². The maximum Gasteiger partial charge on any atom is 0.303 e. The predicted molar refractivity (Wildman–Crippen MR) is 152 cm³/mol. The van der Waals surface area contributed by atoms with Crippen LogP contribution in [0.25, 0.3) is 28.7 Å². The topological polar surface area (TPSA) is 116 Å². The van der Waals surface area contributed by atoms with Crippen LogP contribution >= 0.6 is 0 Å². The smallest absolute Gasteiger partial charge is 0.303 e. The van der Waals surface area contributed by atoms with Gasteiger partial charge < -0.3 is 24.5 Å². The Morgan fingerprint density at radius 2 is 1.68 bits per heavy atom. The summed E-state index contributed by atoms with van der Waals surface area (Å²) in [7, 11) is 0. The summed E-state index contributed by atoms with van der Waals surface area (Å²) >= 11 is 0. The number of carbonyl (C=O) groups is 2. The third-order valence-corrected chi connectivity index (χ3v) is 7.37. The fourth-order valence-corrected chi connectivity index (χ4v) is 5.28. The largest absolute Gasteiger partial charge is 0.481 e. The molecule has 0 unspecified atom stereocenters. The number of carboxylic acids is 1. The Balaban J connectivity index is 1.33. The van der Waals surface area contributed by atoms with Gasteiger partial charge >= 0.3 is 5.97 Å². The third kappa shape index (κ3) is 5.32. The maximum atomic E-state index is 12.5. The number of aromatic nitrogens is 4. The normalized spacial score (nSPS) is 16.4. The number of carboxylic acid groups (broad SMARTS) is 1. The van der Waals surface area contributed by atoms with Gasteiger partial charge in [0.1, 0.15) is 5.69 Å². The van der Waals surface area contributed by atoms with Crippen LogP contribution < -0.4 is 9.80 Å². The molecule has 11 heteroatoms. The molecule has 0 saturated carbocycles. The van der Waals surface area contributed by atoms with Crippen molar-refractivity contribution in [1.29, 1.82) is 0 Å². The number of morpholine rings is 1. The van der Waals surface area contributed by atoms with E-state index in [1.165, 1.54) is 0 Å². The maximum absolute atomic E-state index is 12.5. The summed E-state index contributed by atoms with van der Waals surface area (Å²) in [6.07, 6.45) is 5.61. The van der Waals surface area contributed by atoms with Crippen LogP contribution in [-0.2, 0) is 14.3 Å². The fraction of sp³-hybridized carbons (Fsp3) is 0.345. The molecule has 3 aromatic heterocycles. The van der Waals surface area contributed by atoms with E-state index >= 15 is 0 Å². The number of imidazole rings is 1. The highest BCUT2D eigenvalue weighted by atomic mass is 16.5. The number of benzene rings is 1. The zero-order valence-corrected chi connectivity index (χ0v) is 22.1. The molecule has 6 rings (SSSR count). The number of piperazine rings is 1. The lowest BCUT2D eigenvalue weighted by Gasteiger charge is -2.35. The van der Waals surface area contributed by atoms with Gasteiger partial charge in [0.25, 0.3) is 0 Å². The Morgan fingerprint density at radius 1 is 0.875 bits per heavy atom. The van der Waals surface area contributed by atoms with E-state index in [9.17, 15) is 9.59 Å². The van der Waals surface area contributed by atoms with E-state index < -0.39 is 5.97 Å². The Bertz CT molecular complexity index is 1570. The summed E-state index contributed by atoms with van der Waals surface area (Å²) in [4.78, 5) is 39.5. The summed E-state index contributed by atoms with van der Waals surface area (Å²) in [6, 6.07) is 14.1. The number of hydrogen-bond donors (Lipinski definition) is 1. The second kappa shape index (κ2) is 11.3. The van der Waals surface area contributed by atoms with E-state index in [4.69, 9.17) is 24.9 Å². The number of nitrogens with zero attached hydrogens (tertiary/aromatic N) is 7. The number of anilines is 2. The number of amides is 1. The number of rotatable bonds is 7. The average Bonchev–Trinajstić information content (AvgIpc) is 3.38. The van der Waals surface area contributed by atoms with Crippen molar-refractivity contribution < 1.29 is 19.4 Å². The standard InChI is InChI=1S/C29H31N7O4/c37-26(9-10-27(38)39)34-13-15-35(16-14-34)29-24(8-7-22-6-5-21-3-1-2-4-23(21)31-22)32-28-25(11-12-30-36(28)29)33-17-19-40-20-18-33/h1-8,11-12H,9-10,13-20H2,(H,38,39)/b8-7+. The first-order valence-corrected chi connectivity index (χ1v) is 13.6. The van der Waals surface area contributed by atoms with Crippen LogP contribution in [0.2, 0.25) is 0 Å². The minimum absolute atomic E-state index is 0.0160. The lowest BCUT2D eigenvalue weighted by Crippen LogP contribution is -2.49. The number of para-hydroxylation sites is 1. The molecule has 1 amide bonds. The van der Waals surface area contributed by atoms with E-state index in [-0.39, 0.29) is 18.7 Å². The fourth-order valence-electron chi connectivity index (χ4n) is 5.28.